The molecule has 0 aliphatic rings. The van der Waals surface area contributed by atoms with Crippen LogP contribution in [0.25, 0.3) is 0 Å². The van der Waals surface area contributed by atoms with Gasteiger partial charge in [0, 0.05) is 6.54 Å². The van der Waals surface area contributed by atoms with Crippen molar-refractivity contribution < 1.29 is 17.9 Å². The maximum atomic E-state index is 12.6. The lowest BCUT2D eigenvalue weighted by atomic mass is 10.1. The van der Waals surface area contributed by atoms with Crippen LogP contribution in [0.15, 0.2) is 40.9 Å². The van der Waals surface area contributed by atoms with Gasteiger partial charge in [-0.1, -0.05) is 12.1 Å². The van der Waals surface area contributed by atoms with E-state index in [1.54, 1.807) is 6.07 Å². The average Bonchev–Trinajstić information content (AvgIpc) is 2.42. The summed E-state index contributed by atoms with van der Waals surface area (Å²) >= 11 is 3.11. The van der Waals surface area contributed by atoms with E-state index in [0.717, 1.165) is 23.3 Å². The Morgan fingerprint density at radius 3 is 2.38 bits per heavy atom. The number of aryl methyl sites for hydroxylation is 1. The smallest absolute Gasteiger partial charge is 0.416 e. The van der Waals surface area contributed by atoms with Crippen molar-refractivity contribution in [2.45, 2.75) is 19.6 Å². The van der Waals surface area contributed by atoms with Crippen LogP contribution in [-0.2, 0) is 12.7 Å². The monoisotopic (exact) mass is 359 g/mol. The molecule has 0 saturated heterocycles. The molecule has 0 aliphatic carbocycles. The summed E-state index contributed by atoms with van der Waals surface area (Å²) in [6, 6.07) is 8.79. The van der Waals surface area contributed by atoms with E-state index in [1.165, 1.54) is 6.07 Å². The zero-order valence-electron chi connectivity index (χ0n) is 11.2. The summed E-state index contributed by atoms with van der Waals surface area (Å²) < 4.78 is 43.8. The molecule has 6 heteroatoms. The molecule has 2 aromatic rings. The molecular formula is C15H13BrF3NO. The Morgan fingerprint density at radius 1 is 1.10 bits per heavy atom. The number of hydrogen-bond donors (Lipinski definition) is 1. The Balaban J connectivity index is 2.32. The maximum Gasteiger partial charge on any atom is 0.416 e. The zero-order valence-corrected chi connectivity index (χ0v) is 12.8. The van der Waals surface area contributed by atoms with Crippen molar-refractivity contribution in [3.05, 3.63) is 57.6 Å². The summed E-state index contributed by atoms with van der Waals surface area (Å²) in [5.41, 5.74) is 6.60. The molecule has 0 heterocycles. The van der Waals surface area contributed by atoms with E-state index in [4.69, 9.17) is 10.5 Å². The first-order valence-corrected chi connectivity index (χ1v) is 6.95. The van der Waals surface area contributed by atoms with E-state index in [-0.39, 0.29) is 4.47 Å². The van der Waals surface area contributed by atoms with E-state index in [2.05, 4.69) is 15.9 Å². The molecule has 0 saturated carbocycles. The summed E-state index contributed by atoms with van der Waals surface area (Å²) in [6.45, 7) is 2.22. The number of alkyl halides is 3. The quantitative estimate of drug-likeness (QED) is 0.834. The van der Waals surface area contributed by atoms with Crippen molar-refractivity contribution in [1.29, 1.82) is 0 Å². The molecule has 2 rings (SSSR count). The standard InChI is InChI=1S/C15H13BrF3NO/c1-9-2-3-10(8-20)6-14(9)21-13-5-4-11(7-12(13)16)15(17,18)19/h2-7H,8,20H2,1H3. The molecule has 0 aromatic heterocycles. The number of halogens is 4. The highest BCUT2D eigenvalue weighted by Gasteiger charge is 2.31. The molecule has 0 amide bonds. The van der Waals surface area contributed by atoms with Gasteiger partial charge in [0.05, 0.1) is 10.0 Å². The Morgan fingerprint density at radius 2 is 1.81 bits per heavy atom. The van der Waals surface area contributed by atoms with Gasteiger partial charge in [0.25, 0.3) is 0 Å². The fourth-order valence-electron chi connectivity index (χ4n) is 1.76. The van der Waals surface area contributed by atoms with Crippen LogP contribution in [0.2, 0.25) is 0 Å². The first-order valence-electron chi connectivity index (χ1n) is 6.15. The fourth-order valence-corrected chi connectivity index (χ4v) is 2.22. The van der Waals surface area contributed by atoms with Gasteiger partial charge in [-0.05, 0) is 58.2 Å². The number of rotatable bonds is 3. The molecule has 0 aliphatic heterocycles. The normalized spacial score (nSPS) is 11.5. The minimum atomic E-state index is -4.38. The molecule has 21 heavy (non-hydrogen) atoms. The maximum absolute atomic E-state index is 12.6. The van der Waals surface area contributed by atoms with Crippen molar-refractivity contribution >= 4 is 15.9 Å². The van der Waals surface area contributed by atoms with Crippen LogP contribution >= 0.6 is 15.9 Å². The molecule has 0 atom stereocenters. The van der Waals surface area contributed by atoms with Gasteiger partial charge in [0.1, 0.15) is 11.5 Å². The van der Waals surface area contributed by atoms with Crippen LogP contribution in [0, 0.1) is 6.92 Å². The molecule has 0 radical (unpaired) electrons. The van der Waals surface area contributed by atoms with E-state index < -0.39 is 11.7 Å². The van der Waals surface area contributed by atoms with E-state index in [0.29, 0.717) is 18.0 Å². The van der Waals surface area contributed by atoms with Gasteiger partial charge >= 0.3 is 6.18 Å². The van der Waals surface area contributed by atoms with Crippen LogP contribution < -0.4 is 10.5 Å². The SMILES string of the molecule is Cc1ccc(CN)cc1Oc1ccc(C(F)(F)F)cc1Br. The number of hydrogen-bond acceptors (Lipinski definition) is 2. The van der Waals surface area contributed by atoms with Crippen LogP contribution in [0.1, 0.15) is 16.7 Å². The van der Waals surface area contributed by atoms with Crippen molar-refractivity contribution in [3.8, 4) is 11.5 Å². The second-order valence-corrected chi connectivity index (χ2v) is 5.40. The average molecular weight is 360 g/mol. The van der Waals surface area contributed by atoms with Crippen LogP contribution in [0.5, 0.6) is 11.5 Å². The Labute approximate surface area is 128 Å². The Bertz CT molecular complexity index is 656. The van der Waals surface area contributed by atoms with E-state index in [9.17, 15) is 13.2 Å². The topological polar surface area (TPSA) is 35.2 Å². The number of nitrogens with two attached hydrogens (primary N) is 1. The highest BCUT2D eigenvalue weighted by molar-refractivity contribution is 9.10. The van der Waals surface area contributed by atoms with Gasteiger partial charge in [0.15, 0.2) is 0 Å². The van der Waals surface area contributed by atoms with Gasteiger partial charge in [-0.25, -0.2) is 0 Å². The third kappa shape index (κ3) is 3.77. The van der Waals surface area contributed by atoms with Crippen LogP contribution in [0.3, 0.4) is 0 Å². The first-order chi connectivity index (χ1) is 9.81. The van der Waals surface area contributed by atoms with Crippen molar-refractivity contribution in [2.75, 3.05) is 0 Å². The summed E-state index contributed by atoms with van der Waals surface area (Å²) in [7, 11) is 0. The van der Waals surface area contributed by atoms with Crippen molar-refractivity contribution in [1.82, 2.24) is 0 Å². The lowest BCUT2D eigenvalue weighted by Gasteiger charge is -2.13. The largest absolute Gasteiger partial charge is 0.456 e. The molecule has 0 bridgehead atoms. The predicted molar refractivity (Wildman–Crippen MR) is 78.3 cm³/mol. The fraction of sp³-hybridized carbons (Fsp3) is 0.200. The molecule has 112 valence electrons. The molecule has 2 N–H and O–H groups in total. The minimum absolute atomic E-state index is 0.245. The van der Waals surface area contributed by atoms with Gasteiger partial charge in [-0.3, -0.25) is 0 Å². The second-order valence-electron chi connectivity index (χ2n) is 4.55. The van der Waals surface area contributed by atoms with Crippen LogP contribution in [-0.4, -0.2) is 0 Å². The van der Waals surface area contributed by atoms with Crippen LogP contribution in [0.4, 0.5) is 13.2 Å². The van der Waals surface area contributed by atoms with Gasteiger partial charge in [-0.2, -0.15) is 13.2 Å². The third-order valence-electron chi connectivity index (χ3n) is 2.97. The second kappa shape index (κ2) is 6.07. The van der Waals surface area contributed by atoms with E-state index in [1.807, 2.05) is 19.1 Å². The predicted octanol–water partition coefficient (Wildman–Crippen LogP) is 5.03. The van der Waals surface area contributed by atoms with E-state index >= 15 is 0 Å². The number of benzene rings is 2. The third-order valence-corrected chi connectivity index (χ3v) is 3.59. The molecule has 2 aromatic carbocycles. The number of ether oxygens (including phenoxy) is 1. The first kappa shape index (κ1) is 15.9. The Kier molecular flexibility index (Phi) is 4.58. The Hall–Kier alpha value is -1.53. The molecule has 0 spiro atoms. The lowest BCUT2D eigenvalue weighted by Crippen LogP contribution is -2.04. The minimum Gasteiger partial charge on any atom is -0.456 e. The van der Waals surface area contributed by atoms with Gasteiger partial charge in [-0.15, -0.1) is 0 Å². The van der Waals surface area contributed by atoms with Crippen molar-refractivity contribution in [3.63, 3.8) is 0 Å². The lowest BCUT2D eigenvalue weighted by molar-refractivity contribution is -0.137. The van der Waals surface area contributed by atoms with Crippen molar-refractivity contribution in [2.24, 2.45) is 5.73 Å². The highest BCUT2D eigenvalue weighted by Crippen LogP contribution is 2.37. The summed E-state index contributed by atoms with van der Waals surface area (Å²) in [5, 5.41) is 0. The zero-order chi connectivity index (χ0) is 15.6. The summed E-state index contributed by atoms with van der Waals surface area (Å²) in [4.78, 5) is 0. The molecule has 0 unspecified atom stereocenters. The van der Waals surface area contributed by atoms with Gasteiger partial charge < -0.3 is 10.5 Å². The molecule has 2 nitrogen and oxygen atoms in total. The summed E-state index contributed by atoms with van der Waals surface area (Å²) in [5.74, 6) is 0.888. The molecule has 0 fully saturated rings. The molecular weight excluding hydrogens is 347 g/mol. The summed E-state index contributed by atoms with van der Waals surface area (Å²) in [6.07, 6.45) is -4.38. The van der Waals surface area contributed by atoms with Gasteiger partial charge in [0.2, 0.25) is 0 Å². The highest BCUT2D eigenvalue weighted by atomic mass is 79.9.